The number of benzene rings is 2. The highest BCUT2D eigenvalue weighted by molar-refractivity contribution is 9.10. The van der Waals surface area contributed by atoms with Crippen LogP contribution >= 0.6 is 15.9 Å². The smallest absolute Gasteiger partial charge is 0.273 e. The van der Waals surface area contributed by atoms with E-state index in [4.69, 9.17) is 0 Å². The van der Waals surface area contributed by atoms with E-state index in [1.807, 2.05) is 78.0 Å². The lowest BCUT2D eigenvalue weighted by atomic mass is 10.2. The zero-order chi connectivity index (χ0) is 16.8. The molecule has 2 aromatic carbocycles. The first-order valence-corrected chi connectivity index (χ1v) is 8.45. The highest BCUT2D eigenvalue weighted by Crippen LogP contribution is 2.31. The van der Waals surface area contributed by atoms with Crippen LogP contribution < -0.4 is 5.32 Å². The molecule has 4 rings (SSSR count). The van der Waals surface area contributed by atoms with Crippen molar-refractivity contribution in [3.63, 3.8) is 0 Å². The number of hydrogen-bond acceptors (Lipinski definition) is 1. The molecule has 0 aliphatic carbocycles. The molecule has 2 heterocycles. The van der Waals surface area contributed by atoms with Crippen LogP contribution in [-0.2, 0) is 14.1 Å². The van der Waals surface area contributed by atoms with E-state index < -0.39 is 0 Å². The first-order chi connectivity index (χ1) is 11.6. The van der Waals surface area contributed by atoms with Crippen LogP contribution in [0, 0.1) is 0 Å². The third-order valence-electron chi connectivity index (χ3n) is 4.44. The molecule has 1 N–H and O–H groups in total. The molecule has 0 aliphatic heterocycles. The van der Waals surface area contributed by atoms with Gasteiger partial charge in [0.05, 0.1) is 10.2 Å². The van der Waals surface area contributed by atoms with Crippen LogP contribution in [-0.4, -0.2) is 15.0 Å². The van der Waals surface area contributed by atoms with Crippen LogP contribution in [0.5, 0.6) is 0 Å². The Balaban J connectivity index is 1.80. The Bertz CT molecular complexity index is 1050. The number of anilines is 1. The molecule has 120 valence electrons. The van der Waals surface area contributed by atoms with Gasteiger partial charge in [0.25, 0.3) is 5.91 Å². The molecule has 4 nitrogen and oxygen atoms in total. The van der Waals surface area contributed by atoms with Gasteiger partial charge in [-0.15, -0.1) is 0 Å². The number of carbonyl (C=O) groups is 1. The molecular weight excluding hydrogens is 366 g/mol. The summed E-state index contributed by atoms with van der Waals surface area (Å²) in [7, 11) is 3.90. The zero-order valence-electron chi connectivity index (χ0n) is 13.4. The van der Waals surface area contributed by atoms with Crippen LogP contribution in [0.1, 0.15) is 10.5 Å². The number of nitrogens with one attached hydrogen (secondary N) is 1. The molecule has 0 atom stereocenters. The summed E-state index contributed by atoms with van der Waals surface area (Å²) < 4.78 is 4.77. The molecule has 0 fully saturated rings. The number of carbonyl (C=O) groups excluding carboxylic acids is 1. The van der Waals surface area contributed by atoms with Gasteiger partial charge in [-0.25, -0.2) is 0 Å². The molecule has 2 aromatic heterocycles. The van der Waals surface area contributed by atoms with Gasteiger partial charge in [-0.2, -0.15) is 0 Å². The third-order valence-corrected chi connectivity index (χ3v) is 5.24. The Kier molecular flexibility index (Phi) is 3.46. The molecule has 5 heteroatoms. The summed E-state index contributed by atoms with van der Waals surface area (Å²) in [5.41, 5.74) is 3.54. The fourth-order valence-corrected chi connectivity index (χ4v) is 3.97. The molecule has 0 unspecified atom stereocenters. The summed E-state index contributed by atoms with van der Waals surface area (Å²) in [5, 5.41) is 5.12. The molecule has 0 spiro atoms. The van der Waals surface area contributed by atoms with Gasteiger partial charge in [-0.3, -0.25) is 4.79 Å². The predicted octanol–water partition coefficient (Wildman–Crippen LogP) is 4.68. The largest absolute Gasteiger partial charge is 0.350 e. The second-order valence-corrected chi connectivity index (χ2v) is 6.65. The number of fused-ring (bicyclic) bond motifs is 2. The van der Waals surface area contributed by atoms with Gasteiger partial charge in [0.2, 0.25) is 0 Å². The maximum absolute atomic E-state index is 12.9. The van der Waals surface area contributed by atoms with E-state index in [1.165, 1.54) is 0 Å². The number of para-hydroxylation sites is 1. The van der Waals surface area contributed by atoms with E-state index in [0.717, 1.165) is 32.0 Å². The van der Waals surface area contributed by atoms with Crippen molar-refractivity contribution in [3.05, 3.63) is 64.9 Å². The topological polar surface area (TPSA) is 39.0 Å². The van der Waals surface area contributed by atoms with Gasteiger partial charge in [0.1, 0.15) is 5.69 Å². The molecule has 0 bridgehead atoms. The van der Waals surface area contributed by atoms with Gasteiger partial charge in [-0.05, 0) is 40.2 Å². The van der Waals surface area contributed by atoms with Crippen molar-refractivity contribution in [1.29, 1.82) is 0 Å². The SMILES string of the molecule is Cn1ccc2c(NC(=O)c3c(Br)c4ccccc4n3C)cccc21. The number of rotatable bonds is 2. The summed E-state index contributed by atoms with van der Waals surface area (Å²) in [5.74, 6) is -0.128. The van der Waals surface area contributed by atoms with Crippen molar-refractivity contribution in [2.75, 3.05) is 5.32 Å². The van der Waals surface area contributed by atoms with E-state index >= 15 is 0 Å². The van der Waals surface area contributed by atoms with E-state index in [1.54, 1.807) is 0 Å². The molecule has 0 radical (unpaired) electrons. The highest BCUT2D eigenvalue weighted by atomic mass is 79.9. The summed E-state index contributed by atoms with van der Waals surface area (Å²) in [6.45, 7) is 0. The second-order valence-electron chi connectivity index (χ2n) is 5.86. The minimum atomic E-state index is -0.128. The van der Waals surface area contributed by atoms with Crippen molar-refractivity contribution in [1.82, 2.24) is 9.13 Å². The van der Waals surface area contributed by atoms with Gasteiger partial charge < -0.3 is 14.5 Å². The van der Waals surface area contributed by atoms with Crippen LogP contribution in [0.4, 0.5) is 5.69 Å². The average Bonchev–Trinajstić information content (AvgIpc) is 3.08. The lowest BCUT2D eigenvalue weighted by molar-refractivity contribution is 0.101. The van der Waals surface area contributed by atoms with Crippen molar-refractivity contribution >= 4 is 49.3 Å². The number of hydrogen-bond donors (Lipinski definition) is 1. The van der Waals surface area contributed by atoms with Crippen LogP contribution in [0.2, 0.25) is 0 Å². The molecular formula is C19H16BrN3O. The molecule has 0 saturated carbocycles. The van der Waals surface area contributed by atoms with Gasteiger partial charge in [0.15, 0.2) is 0 Å². The fraction of sp³-hybridized carbons (Fsp3) is 0.105. The maximum Gasteiger partial charge on any atom is 0.273 e. The minimum Gasteiger partial charge on any atom is -0.350 e. The standard InChI is InChI=1S/C19H16BrN3O/c1-22-11-10-12-14(7-5-9-15(12)22)21-19(24)18-17(20)13-6-3-4-8-16(13)23(18)2/h3-11H,1-2H3,(H,21,24). The lowest BCUT2D eigenvalue weighted by Gasteiger charge is -2.09. The first-order valence-electron chi connectivity index (χ1n) is 7.66. The molecule has 0 aliphatic rings. The third kappa shape index (κ3) is 2.16. The normalized spacial score (nSPS) is 11.3. The predicted molar refractivity (Wildman–Crippen MR) is 101 cm³/mol. The summed E-state index contributed by atoms with van der Waals surface area (Å²) in [4.78, 5) is 12.9. The number of halogens is 1. The van der Waals surface area contributed by atoms with Gasteiger partial charge in [-0.1, -0.05) is 24.3 Å². The fourth-order valence-electron chi connectivity index (χ4n) is 3.19. The first kappa shape index (κ1) is 15.0. The number of aryl methyl sites for hydroxylation is 2. The van der Waals surface area contributed by atoms with Gasteiger partial charge >= 0.3 is 0 Å². The highest BCUT2D eigenvalue weighted by Gasteiger charge is 2.20. The van der Waals surface area contributed by atoms with Crippen molar-refractivity contribution < 1.29 is 4.79 Å². The van der Waals surface area contributed by atoms with Crippen molar-refractivity contribution in [2.24, 2.45) is 14.1 Å². The monoisotopic (exact) mass is 381 g/mol. The van der Waals surface area contributed by atoms with E-state index in [0.29, 0.717) is 5.69 Å². The Morgan fingerprint density at radius 3 is 2.50 bits per heavy atom. The minimum absolute atomic E-state index is 0.128. The van der Waals surface area contributed by atoms with E-state index in [9.17, 15) is 4.79 Å². The lowest BCUT2D eigenvalue weighted by Crippen LogP contribution is -2.16. The quantitative estimate of drug-likeness (QED) is 0.537. The van der Waals surface area contributed by atoms with Crippen LogP contribution in [0.15, 0.2) is 59.2 Å². The van der Waals surface area contributed by atoms with Crippen molar-refractivity contribution in [2.45, 2.75) is 0 Å². The van der Waals surface area contributed by atoms with Crippen LogP contribution in [0.25, 0.3) is 21.8 Å². The summed E-state index contributed by atoms with van der Waals surface area (Å²) in [6, 6.07) is 15.9. The number of aromatic nitrogens is 2. The van der Waals surface area contributed by atoms with Crippen molar-refractivity contribution in [3.8, 4) is 0 Å². The molecule has 0 saturated heterocycles. The Hall–Kier alpha value is -2.53. The average molecular weight is 382 g/mol. The zero-order valence-corrected chi connectivity index (χ0v) is 15.0. The molecule has 4 aromatic rings. The second kappa shape index (κ2) is 5.53. The van der Waals surface area contributed by atoms with E-state index in [-0.39, 0.29) is 5.91 Å². The Morgan fingerprint density at radius 2 is 1.71 bits per heavy atom. The van der Waals surface area contributed by atoms with Gasteiger partial charge in [0, 0.05) is 42.1 Å². The Morgan fingerprint density at radius 1 is 0.958 bits per heavy atom. The number of amides is 1. The van der Waals surface area contributed by atoms with Crippen LogP contribution in [0.3, 0.4) is 0 Å². The Labute approximate surface area is 147 Å². The molecule has 24 heavy (non-hydrogen) atoms. The maximum atomic E-state index is 12.9. The van der Waals surface area contributed by atoms with E-state index in [2.05, 4.69) is 21.2 Å². The number of nitrogens with zero attached hydrogens (tertiary/aromatic N) is 2. The summed E-state index contributed by atoms with van der Waals surface area (Å²) >= 11 is 3.58. The summed E-state index contributed by atoms with van der Waals surface area (Å²) in [6.07, 6.45) is 1.99. The molecule has 1 amide bonds.